The van der Waals surface area contributed by atoms with Crippen LogP contribution in [0.2, 0.25) is 0 Å². The second kappa shape index (κ2) is 8.86. The largest absolute Gasteiger partial charge is 0.388 e. The summed E-state index contributed by atoms with van der Waals surface area (Å²) in [6, 6.07) is 23.8. The maximum atomic E-state index is 12.3. The number of nitrogens with one attached hydrogen (secondary N) is 2. The number of carbonyl (C=O) groups is 1. The van der Waals surface area contributed by atoms with E-state index in [2.05, 4.69) is 41.8 Å². The minimum Gasteiger partial charge on any atom is -0.388 e. The van der Waals surface area contributed by atoms with E-state index in [4.69, 9.17) is 0 Å². The van der Waals surface area contributed by atoms with Gasteiger partial charge in [0.25, 0.3) is 5.91 Å². The zero-order valence-electron chi connectivity index (χ0n) is 15.7. The van der Waals surface area contributed by atoms with Gasteiger partial charge in [0.15, 0.2) is 0 Å². The van der Waals surface area contributed by atoms with Crippen molar-refractivity contribution in [2.45, 2.75) is 13.3 Å². The first kappa shape index (κ1) is 18.5. The first-order valence-corrected chi connectivity index (χ1v) is 9.14. The fourth-order valence-corrected chi connectivity index (χ4v) is 2.73. The monoisotopic (exact) mass is 356 g/mol. The normalized spacial score (nSPS) is 10.7. The zero-order chi connectivity index (χ0) is 19.1. The van der Waals surface area contributed by atoms with E-state index in [0.717, 1.165) is 28.9 Å². The van der Waals surface area contributed by atoms with Crippen molar-refractivity contribution in [2.24, 2.45) is 0 Å². The number of amides is 1. The number of benzene rings is 3. The van der Waals surface area contributed by atoms with E-state index in [-0.39, 0.29) is 5.91 Å². The molecule has 0 fully saturated rings. The topological polar surface area (TPSA) is 41.1 Å². The van der Waals surface area contributed by atoms with Crippen molar-refractivity contribution in [1.29, 1.82) is 0 Å². The molecule has 3 aromatic carbocycles. The summed E-state index contributed by atoms with van der Waals surface area (Å²) in [4.78, 5) is 12.3. The third-order valence-corrected chi connectivity index (χ3v) is 4.46. The number of hydrogen-bond acceptors (Lipinski definition) is 2. The van der Waals surface area contributed by atoms with Gasteiger partial charge in [-0.2, -0.15) is 0 Å². The van der Waals surface area contributed by atoms with Gasteiger partial charge in [-0.15, -0.1) is 0 Å². The molecular weight excluding hydrogens is 332 g/mol. The van der Waals surface area contributed by atoms with E-state index in [1.165, 1.54) is 5.56 Å². The highest BCUT2D eigenvalue weighted by atomic mass is 16.1. The van der Waals surface area contributed by atoms with Crippen molar-refractivity contribution < 1.29 is 4.79 Å². The summed E-state index contributed by atoms with van der Waals surface area (Å²) in [5.74, 6) is -0.0921. The lowest BCUT2D eigenvalue weighted by atomic mass is 10.1. The second-order valence-electron chi connectivity index (χ2n) is 6.33. The number of rotatable bonds is 6. The molecule has 0 atom stereocenters. The third kappa shape index (κ3) is 5.08. The Bertz CT molecular complexity index is 908. The average molecular weight is 356 g/mol. The first-order valence-electron chi connectivity index (χ1n) is 9.14. The summed E-state index contributed by atoms with van der Waals surface area (Å²) in [6.07, 6.45) is 5.10. The van der Waals surface area contributed by atoms with Gasteiger partial charge in [0.05, 0.1) is 0 Å². The molecule has 0 aliphatic rings. The van der Waals surface area contributed by atoms with Crippen LogP contribution in [0.25, 0.3) is 12.2 Å². The van der Waals surface area contributed by atoms with Crippen LogP contribution in [0.15, 0.2) is 72.8 Å². The van der Waals surface area contributed by atoms with Gasteiger partial charge < -0.3 is 10.6 Å². The van der Waals surface area contributed by atoms with Crippen LogP contribution in [0, 0.1) is 0 Å². The Morgan fingerprint density at radius 1 is 0.778 bits per heavy atom. The molecule has 3 aromatic rings. The highest BCUT2D eigenvalue weighted by Gasteiger charge is 2.05. The number of hydrogen-bond donors (Lipinski definition) is 2. The molecule has 0 saturated carbocycles. The van der Waals surface area contributed by atoms with Gasteiger partial charge in [-0.25, -0.2) is 0 Å². The molecule has 3 heteroatoms. The Morgan fingerprint density at radius 3 is 1.78 bits per heavy atom. The summed E-state index contributed by atoms with van der Waals surface area (Å²) < 4.78 is 0. The molecule has 0 unspecified atom stereocenters. The molecule has 3 nitrogen and oxygen atoms in total. The lowest BCUT2D eigenvalue weighted by Gasteiger charge is -2.06. The average Bonchev–Trinajstić information content (AvgIpc) is 2.73. The molecular formula is C24H24N2O. The zero-order valence-corrected chi connectivity index (χ0v) is 15.7. The van der Waals surface area contributed by atoms with Gasteiger partial charge in [0, 0.05) is 24.0 Å². The van der Waals surface area contributed by atoms with Crippen LogP contribution in [-0.2, 0) is 6.42 Å². The Balaban J connectivity index is 1.62. The SMILES string of the molecule is CCc1ccc(C(=O)Nc2ccc(/C=C/c3ccc(NC)cc3)cc2)cc1. The highest BCUT2D eigenvalue weighted by molar-refractivity contribution is 6.04. The van der Waals surface area contributed by atoms with Gasteiger partial charge >= 0.3 is 0 Å². The predicted molar refractivity (Wildman–Crippen MR) is 115 cm³/mol. The number of aryl methyl sites for hydroxylation is 1. The Labute approximate surface area is 160 Å². The summed E-state index contributed by atoms with van der Waals surface area (Å²) in [6.45, 7) is 2.10. The van der Waals surface area contributed by atoms with Crippen molar-refractivity contribution in [3.05, 3.63) is 95.1 Å². The summed E-state index contributed by atoms with van der Waals surface area (Å²) in [7, 11) is 1.91. The summed E-state index contributed by atoms with van der Waals surface area (Å²) in [5.41, 5.74) is 6.00. The molecule has 0 heterocycles. The van der Waals surface area contributed by atoms with E-state index in [0.29, 0.717) is 5.56 Å². The number of anilines is 2. The Morgan fingerprint density at radius 2 is 1.30 bits per heavy atom. The van der Waals surface area contributed by atoms with Gasteiger partial charge in [-0.1, -0.05) is 55.5 Å². The molecule has 0 radical (unpaired) electrons. The minimum absolute atomic E-state index is 0.0921. The smallest absolute Gasteiger partial charge is 0.255 e. The van der Waals surface area contributed by atoms with Crippen LogP contribution >= 0.6 is 0 Å². The standard InChI is InChI=1S/C24H24N2O/c1-3-18-6-12-21(13-7-18)24(27)26-23-16-10-20(11-17-23)5-4-19-8-14-22(25-2)15-9-19/h4-17,25H,3H2,1-2H3,(H,26,27)/b5-4+. The molecule has 1 amide bonds. The highest BCUT2D eigenvalue weighted by Crippen LogP contribution is 2.15. The number of carbonyl (C=O) groups excluding carboxylic acids is 1. The van der Waals surface area contributed by atoms with Gasteiger partial charge in [-0.05, 0) is 59.5 Å². The second-order valence-corrected chi connectivity index (χ2v) is 6.33. The third-order valence-electron chi connectivity index (χ3n) is 4.46. The molecule has 136 valence electrons. The van der Waals surface area contributed by atoms with Crippen LogP contribution < -0.4 is 10.6 Å². The van der Waals surface area contributed by atoms with Crippen LogP contribution in [0.4, 0.5) is 11.4 Å². The van der Waals surface area contributed by atoms with Gasteiger partial charge in [0.1, 0.15) is 0 Å². The van der Waals surface area contributed by atoms with E-state index < -0.39 is 0 Å². The van der Waals surface area contributed by atoms with E-state index in [1.807, 2.05) is 67.7 Å². The van der Waals surface area contributed by atoms with Crippen LogP contribution in [-0.4, -0.2) is 13.0 Å². The molecule has 2 N–H and O–H groups in total. The Kier molecular flexibility index (Phi) is 6.06. The van der Waals surface area contributed by atoms with E-state index in [1.54, 1.807) is 0 Å². The van der Waals surface area contributed by atoms with Gasteiger partial charge in [0.2, 0.25) is 0 Å². The van der Waals surface area contributed by atoms with E-state index in [9.17, 15) is 4.79 Å². The minimum atomic E-state index is -0.0921. The molecule has 0 aliphatic heterocycles. The van der Waals surface area contributed by atoms with Crippen molar-refractivity contribution in [1.82, 2.24) is 0 Å². The van der Waals surface area contributed by atoms with Crippen molar-refractivity contribution >= 4 is 29.4 Å². The Hall–Kier alpha value is -3.33. The molecule has 0 bridgehead atoms. The molecule has 0 saturated heterocycles. The van der Waals surface area contributed by atoms with Crippen molar-refractivity contribution in [3.8, 4) is 0 Å². The van der Waals surface area contributed by atoms with Crippen molar-refractivity contribution in [2.75, 3.05) is 17.7 Å². The van der Waals surface area contributed by atoms with Crippen LogP contribution in [0.3, 0.4) is 0 Å². The fraction of sp³-hybridized carbons (Fsp3) is 0.125. The van der Waals surface area contributed by atoms with Crippen LogP contribution in [0.5, 0.6) is 0 Å². The lowest BCUT2D eigenvalue weighted by molar-refractivity contribution is 0.102. The molecule has 0 spiro atoms. The predicted octanol–water partition coefficient (Wildman–Crippen LogP) is 5.71. The lowest BCUT2D eigenvalue weighted by Crippen LogP contribution is -2.11. The van der Waals surface area contributed by atoms with Crippen LogP contribution in [0.1, 0.15) is 34.0 Å². The molecule has 0 aliphatic carbocycles. The first-order chi connectivity index (χ1) is 13.2. The maximum Gasteiger partial charge on any atom is 0.255 e. The molecule has 3 rings (SSSR count). The fourth-order valence-electron chi connectivity index (χ4n) is 2.73. The molecule has 0 aromatic heterocycles. The molecule has 27 heavy (non-hydrogen) atoms. The summed E-state index contributed by atoms with van der Waals surface area (Å²) >= 11 is 0. The van der Waals surface area contributed by atoms with Gasteiger partial charge in [-0.3, -0.25) is 4.79 Å². The van der Waals surface area contributed by atoms with E-state index >= 15 is 0 Å². The quantitative estimate of drug-likeness (QED) is 0.555. The summed E-state index contributed by atoms with van der Waals surface area (Å²) in [5, 5.41) is 6.05. The van der Waals surface area contributed by atoms with Crippen molar-refractivity contribution in [3.63, 3.8) is 0 Å². The maximum absolute atomic E-state index is 12.3.